The number of carbonyl (C=O) groups excluding carboxylic acids is 1. The number of aromatic amines is 2. The van der Waals surface area contributed by atoms with Crippen LogP contribution in [0.25, 0.3) is 20.9 Å². The number of hydrogen-bond acceptors (Lipinski definition) is 5. The molecule has 0 aliphatic rings. The quantitative estimate of drug-likeness (QED) is 0.524. The van der Waals surface area contributed by atoms with Crippen molar-refractivity contribution in [2.45, 2.75) is 6.92 Å². The molecule has 6 nitrogen and oxygen atoms in total. The van der Waals surface area contributed by atoms with E-state index in [1.807, 2.05) is 24.4 Å². The predicted octanol–water partition coefficient (Wildman–Crippen LogP) is 3.60. The number of anilines is 1. The molecule has 3 N–H and O–H groups in total. The highest BCUT2D eigenvalue weighted by atomic mass is 32.1. The third-order valence-electron chi connectivity index (χ3n) is 3.51. The summed E-state index contributed by atoms with van der Waals surface area (Å²) in [5.41, 5.74) is 2.41. The molecule has 120 valence electrons. The van der Waals surface area contributed by atoms with Gasteiger partial charge in [-0.3, -0.25) is 4.79 Å². The van der Waals surface area contributed by atoms with Crippen molar-refractivity contribution in [1.29, 1.82) is 0 Å². The van der Waals surface area contributed by atoms with Crippen LogP contribution in [0.1, 0.15) is 15.4 Å². The summed E-state index contributed by atoms with van der Waals surface area (Å²) >= 11 is 2.97. The number of carbonyl (C=O) groups is 1. The molecule has 8 heteroatoms. The minimum atomic E-state index is -0.271. The van der Waals surface area contributed by atoms with Gasteiger partial charge in [-0.1, -0.05) is 6.07 Å². The number of nitrogens with zero attached hydrogens (tertiary/aromatic N) is 1. The third-order valence-corrected chi connectivity index (χ3v) is 5.70. The molecule has 3 heterocycles. The molecule has 0 aliphatic heterocycles. The summed E-state index contributed by atoms with van der Waals surface area (Å²) < 4.78 is 0. The van der Waals surface area contributed by atoms with Crippen molar-refractivity contribution in [1.82, 2.24) is 15.0 Å². The highest BCUT2D eigenvalue weighted by Gasteiger charge is 2.17. The number of fused-ring (bicyclic) bond motifs is 1. The van der Waals surface area contributed by atoms with Gasteiger partial charge >= 0.3 is 5.69 Å². The molecule has 1 aromatic carbocycles. The molecule has 0 bridgehead atoms. The summed E-state index contributed by atoms with van der Waals surface area (Å²) in [6.45, 7) is 1.83. The summed E-state index contributed by atoms with van der Waals surface area (Å²) in [6, 6.07) is 9.17. The Bertz CT molecular complexity index is 1090. The second-order valence-electron chi connectivity index (χ2n) is 5.20. The Morgan fingerprint density at radius 1 is 1.21 bits per heavy atom. The molecule has 0 radical (unpaired) electrons. The summed E-state index contributed by atoms with van der Waals surface area (Å²) in [7, 11) is 0. The van der Waals surface area contributed by atoms with Gasteiger partial charge in [-0.15, -0.1) is 22.7 Å². The number of aryl methyl sites for hydroxylation is 1. The molecule has 24 heavy (non-hydrogen) atoms. The molecule has 3 aromatic heterocycles. The van der Waals surface area contributed by atoms with E-state index in [9.17, 15) is 9.59 Å². The van der Waals surface area contributed by atoms with Crippen LogP contribution in [0.5, 0.6) is 0 Å². The largest absolute Gasteiger partial charge is 0.323 e. The molecule has 0 spiro atoms. The fraction of sp³-hybridized carbons (Fsp3) is 0.0625. The van der Waals surface area contributed by atoms with E-state index in [4.69, 9.17) is 0 Å². The number of thiazole rings is 1. The lowest BCUT2D eigenvalue weighted by Crippen LogP contribution is -2.11. The second kappa shape index (κ2) is 5.73. The van der Waals surface area contributed by atoms with Gasteiger partial charge in [0.2, 0.25) is 0 Å². The van der Waals surface area contributed by atoms with Crippen LogP contribution in [-0.4, -0.2) is 20.9 Å². The summed E-state index contributed by atoms with van der Waals surface area (Å²) in [5.74, 6) is -0.204. The summed E-state index contributed by atoms with van der Waals surface area (Å²) in [4.78, 5) is 35.3. The van der Waals surface area contributed by atoms with Crippen LogP contribution in [-0.2, 0) is 0 Å². The van der Waals surface area contributed by atoms with Crippen molar-refractivity contribution in [2.75, 3.05) is 5.32 Å². The van der Waals surface area contributed by atoms with Gasteiger partial charge in [0.1, 0.15) is 9.88 Å². The van der Waals surface area contributed by atoms with Gasteiger partial charge in [-0.2, -0.15) is 0 Å². The normalized spacial score (nSPS) is 11.0. The number of aromatic nitrogens is 3. The Hall–Kier alpha value is -2.71. The first kappa shape index (κ1) is 14.9. The van der Waals surface area contributed by atoms with Crippen molar-refractivity contribution >= 4 is 45.3 Å². The van der Waals surface area contributed by atoms with Crippen LogP contribution in [0, 0.1) is 6.92 Å². The maximum Gasteiger partial charge on any atom is 0.323 e. The minimum absolute atomic E-state index is 0.204. The average molecular weight is 356 g/mol. The Kier molecular flexibility index (Phi) is 3.55. The topological polar surface area (TPSA) is 90.6 Å². The van der Waals surface area contributed by atoms with E-state index in [1.165, 1.54) is 11.3 Å². The molecule has 0 saturated carbocycles. The standard InChI is InChI=1S/C16H12N4O2S2/c1-8-13(24-15(17-8)12-3-2-6-23-12)14(21)18-9-4-5-10-11(7-9)20-16(22)19-10/h2-7H,1H3,(H,18,21)(H2,19,20,22). The first-order chi connectivity index (χ1) is 11.6. The number of rotatable bonds is 3. The highest BCUT2D eigenvalue weighted by molar-refractivity contribution is 7.22. The highest BCUT2D eigenvalue weighted by Crippen LogP contribution is 2.31. The molecular weight excluding hydrogens is 344 g/mol. The SMILES string of the molecule is Cc1nc(-c2cccs2)sc1C(=O)Nc1ccc2[nH]c(=O)[nH]c2c1. The van der Waals surface area contributed by atoms with Gasteiger partial charge in [0.25, 0.3) is 5.91 Å². The zero-order chi connectivity index (χ0) is 16.7. The van der Waals surface area contributed by atoms with Gasteiger partial charge in [0.05, 0.1) is 21.6 Å². The van der Waals surface area contributed by atoms with E-state index < -0.39 is 0 Å². The van der Waals surface area contributed by atoms with Crippen molar-refractivity contribution < 1.29 is 4.79 Å². The lowest BCUT2D eigenvalue weighted by molar-refractivity contribution is 0.103. The van der Waals surface area contributed by atoms with Crippen molar-refractivity contribution in [3.8, 4) is 9.88 Å². The maximum absolute atomic E-state index is 12.5. The first-order valence-corrected chi connectivity index (χ1v) is 8.84. The average Bonchev–Trinajstić information content (AvgIpc) is 3.24. The molecule has 0 unspecified atom stereocenters. The van der Waals surface area contributed by atoms with Crippen LogP contribution in [0.3, 0.4) is 0 Å². The number of nitrogens with one attached hydrogen (secondary N) is 3. The van der Waals surface area contributed by atoms with E-state index in [1.54, 1.807) is 29.5 Å². The Morgan fingerprint density at radius 2 is 2.04 bits per heavy atom. The van der Waals surface area contributed by atoms with Gasteiger partial charge < -0.3 is 15.3 Å². The monoisotopic (exact) mass is 356 g/mol. The maximum atomic E-state index is 12.5. The summed E-state index contributed by atoms with van der Waals surface area (Å²) in [6.07, 6.45) is 0. The second-order valence-corrected chi connectivity index (χ2v) is 7.15. The zero-order valence-corrected chi connectivity index (χ0v) is 14.2. The van der Waals surface area contributed by atoms with E-state index in [0.717, 1.165) is 9.88 Å². The molecule has 0 fully saturated rings. The lowest BCUT2D eigenvalue weighted by Gasteiger charge is -2.03. The van der Waals surface area contributed by atoms with Crippen LogP contribution in [0.4, 0.5) is 5.69 Å². The number of imidazole rings is 1. The van der Waals surface area contributed by atoms with E-state index >= 15 is 0 Å². The van der Waals surface area contributed by atoms with Crippen LogP contribution >= 0.6 is 22.7 Å². The van der Waals surface area contributed by atoms with E-state index in [0.29, 0.717) is 27.3 Å². The van der Waals surface area contributed by atoms with Crippen molar-refractivity contribution in [3.63, 3.8) is 0 Å². The van der Waals surface area contributed by atoms with Gasteiger partial charge in [-0.25, -0.2) is 9.78 Å². The lowest BCUT2D eigenvalue weighted by atomic mass is 10.2. The van der Waals surface area contributed by atoms with E-state index in [2.05, 4.69) is 20.3 Å². The first-order valence-electron chi connectivity index (χ1n) is 7.15. The fourth-order valence-electron chi connectivity index (χ4n) is 2.41. The number of hydrogen-bond donors (Lipinski definition) is 3. The molecule has 0 atom stereocenters. The Labute approximate surface area is 144 Å². The number of thiophene rings is 1. The minimum Gasteiger partial charge on any atom is -0.321 e. The van der Waals surface area contributed by atoms with Gasteiger partial charge in [-0.05, 0) is 36.6 Å². The number of H-pyrrole nitrogens is 2. The molecule has 4 aromatic rings. The molecule has 0 saturated heterocycles. The zero-order valence-electron chi connectivity index (χ0n) is 12.5. The van der Waals surface area contributed by atoms with E-state index in [-0.39, 0.29) is 11.6 Å². The predicted molar refractivity (Wildman–Crippen MR) is 97.0 cm³/mol. The third kappa shape index (κ3) is 2.66. The van der Waals surface area contributed by atoms with Gasteiger partial charge in [0.15, 0.2) is 0 Å². The number of benzene rings is 1. The van der Waals surface area contributed by atoms with Crippen molar-refractivity contribution in [2.24, 2.45) is 0 Å². The molecule has 0 aliphatic carbocycles. The fourth-order valence-corrected chi connectivity index (χ4v) is 4.17. The Morgan fingerprint density at radius 3 is 2.83 bits per heavy atom. The molecule has 1 amide bonds. The summed E-state index contributed by atoms with van der Waals surface area (Å²) in [5, 5.41) is 5.69. The number of amides is 1. The van der Waals surface area contributed by atoms with Crippen LogP contribution in [0.2, 0.25) is 0 Å². The van der Waals surface area contributed by atoms with Crippen LogP contribution in [0.15, 0.2) is 40.5 Å². The molecular formula is C16H12N4O2S2. The van der Waals surface area contributed by atoms with Crippen molar-refractivity contribution in [3.05, 3.63) is 56.8 Å². The van der Waals surface area contributed by atoms with Crippen LogP contribution < -0.4 is 11.0 Å². The van der Waals surface area contributed by atoms with Gasteiger partial charge in [0, 0.05) is 5.69 Å². The Balaban J connectivity index is 1.62. The smallest absolute Gasteiger partial charge is 0.321 e. The molecule has 4 rings (SSSR count).